The first-order chi connectivity index (χ1) is 19.1. The number of anilines is 1. The zero-order valence-corrected chi connectivity index (χ0v) is 23.8. The fourth-order valence-corrected chi connectivity index (χ4v) is 5.50. The summed E-state index contributed by atoms with van der Waals surface area (Å²) in [5, 5.41) is 10.9. The SMILES string of the molecule is C/C=C(\COC(=O)C1=C(CN=[N+]=[N-])CS[C@@H]2[C@H](NC(=O)/C(=N\OC)c3csc(N)n3)C(=O)N12)C(=O)OCC(C)C. The van der Waals surface area contributed by atoms with Gasteiger partial charge >= 0.3 is 11.9 Å². The minimum Gasteiger partial charge on any atom is -0.462 e. The quantitative estimate of drug-likeness (QED) is 0.0524. The molecule has 1 saturated heterocycles. The monoisotopic (exact) mass is 592 g/mol. The Morgan fingerprint density at radius 2 is 2.12 bits per heavy atom. The summed E-state index contributed by atoms with van der Waals surface area (Å²) in [4.78, 5) is 64.4. The van der Waals surface area contributed by atoms with Gasteiger partial charge in [-0.25, -0.2) is 14.6 Å². The number of thioether (sulfide) groups is 1. The van der Waals surface area contributed by atoms with Crippen LogP contribution in [0.2, 0.25) is 0 Å². The Hall–Kier alpha value is -4.08. The number of fused-ring (bicyclic) bond motifs is 1. The lowest BCUT2D eigenvalue weighted by Crippen LogP contribution is -2.71. The lowest BCUT2D eigenvalue weighted by molar-refractivity contribution is -0.152. The second-order valence-electron chi connectivity index (χ2n) is 8.78. The van der Waals surface area contributed by atoms with E-state index in [1.54, 1.807) is 6.92 Å². The van der Waals surface area contributed by atoms with E-state index in [0.29, 0.717) is 5.57 Å². The van der Waals surface area contributed by atoms with E-state index >= 15 is 0 Å². The number of oxime groups is 1. The van der Waals surface area contributed by atoms with Crippen LogP contribution in [0.3, 0.4) is 0 Å². The van der Waals surface area contributed by atoms with Crippen LogP contribution in [0.1, 0.15) is 26.5 Å². The number of nitrogens with two attached hydrogens (primary N) is 1. The maximum atomic E-state index is 13.2. The van der Waals surface area contributed by atoms with Gasteiger partial charge in [0.2, 0.25) is 0 Å². The van der Waals surface area contributed by atoms with Crippen molar-refractivity contribution in [3.05, 3.63) is 44.4 Å². The molecule has 40 heavy (non-hydrogen) atoms. The van der Waals surface area contributed by atoms with Crippen molar-refractivity contribution in [3.8, 4) is 0 Å². The molecule has 0 saturated carbocycles. The molecular formula is C23H28N8O7S2. The van der Waals surface area contributed by atoms with Crippen molar-refractivity contribution in [1.29, 1.82) is 0 Å². The van der Waals surface area contributed by atoms with Gasteiger partial charge in [-0.3, -0.25) is 14.5 Å². The molecule has 2 amide bonds. The van der Waals surface area contributed by atoms with E-state index in [1.807, 2.05) is 13.8 Å². The highest BCUT2D eigenvalue weighted by atomic mass is 32.2. The van der Waals surface area contributed by atoms with Crippen LogP contribution in [0, 0.1) is 5.92 Å². The Bertz CT molecular complexity index is 1320. The molecular weight excluding hydrogens is 564 g/mol. The molecule has 17 heteroatoms. The molecule has 1 fully saturated rings. The first-order valence-electron chi connectivity index (χ1n) is 11.9. The number of carbonyl (C=O) groups is 4. The van der Waals surface area contributed by atoms with Gasteiger partial charge in [-0.05, 0) is 23.9 Å². The second kappa shape index (κ2) is 13.8. The number of nitrogen functional groups attached to an aromatic ring is 1. The Labute approximate surface area is 237 Å². The summed E-state index contributed by atoms with van der Waals surface area (Å²) >= 11 is 2.37. The Balaban J connectivity index is 1.76. The van der Waals surface area contributed by atoms with Crippen molar-refractivity contribution in [2.75, 3.05) is 38.4 Å². The number of aromatic nitrogens is 1. The van der Waals surface area contributed by atoms with Crippen LogP contribution in [0.4, 0.5) is 5.13 Å². The summed E-state index contributed by atoms with van der Waals surface area (Å²) in [5.41, 5.74) is 14.8. The maximum absolute atomic E-state index is 13.2. The van der Waals surface area contributed by atoms with Gasteiger partial charge in [0.05, 0.1) is 18.7 Å². The molecule has 1 aromatic heterocycles. The number of allylic oxidation sites excluding steroid dienone is 1. The lowest BCUT2D eigenvalue weighted by Gasteiger charge is -2.49. The summed E-state index contributed by atoms with van der Waals surface area (Å²) < 4.78 is 10.6. The van der Waals surface area contributed by atoms with Gasteiger partial charge in [-0.1, -0.05) is 30.2 Å². The van der Waals surface area contributed by atoms with Gasteiger partial charge in [0, 0.05) is 16.0 Å². The molecule has 1 aromatic rings. The molecule has 0 unspecified atom stereocenters. The van der Waals surface area contributed by atoms with Crippen molar-refractivity contribution in [2.24, 2.45) is 16.2 Å². The number of hydrogen-bond donors (Lipinski definition) is 2. The topological polar surface area (TPSA) is 211 Å². The van der Waals surface area contributed by atoms with E-state index in [9.17, 15) is 19.2 Å². The van der Waals surface area contributed by atoms with Crippen LogP contribution < -0.4 is 11.1 Å². The molecule has 2 aliphatic rings. The molecule has 0 bridgehead atoms. The fraction of sp³-hybridized carbons (Fsp3) is 0.478. The molecule has 2 atom stereocenters. The Morgan fingerprint density at radius 3 is 2.73 bits per heavy atom. The molecule has 0 aromatic carbocycles. The highest BCUT2D eigenvalue weighted by Gasteiger charge is 2.54. The molecule has 0 radical (unpaired) electrons. The predicted octanol–water partition coefficient (Wildman–Crippen LogP) is 1.73. The number of β-lactam (4-membered cyclic amide) rings is 1. The lowest BCUT2D eigenvalue weighted by atomic mass is 10.0. The van der Waals surface area contributed by atoms with Crippen LogP contribution >= 0.6 is 23.1 Å². The molecule has 15 nitrogen and oxygen atoms in total. The molecule has 2 aliphatic heterocycles. The van der Waals surface area contributed by atoms with Gasteiger partial charge in [0.1, 0.15) is 36.5 Å². The zero-order valence-electron chi connectivity index (χ0n) is 22.2. The first kappa shape index (κ1) is 30.5. The van der Waals surface area contributed by atoms with E-state index in [4.69, 9.17) is 25.6 Å². The number of rotatable bonds is 12. The van der Waals surface area contributed by atoms with Gasteiger partial charge in [0.25, 0.3) is 11.8 Å². The standard InChI is InChI=1S/C23H28N8O7S2/c1-5-12(21(34)37-7-11(2)3)8-38-22(35)17-13(6-26-30-25)9-39-20-16(19(33)31(17)20)28-18(32)15(29-36-4)14-10-40-23(24)27-14/h5,10-11,16,20H,6-9H2,1-4H3,(H2,24,27)(H,28,32)/b12-5+,29-15-/t16-,20-/m1/s1. The summed E-state index contributed by atoms with van der Waals surface area (Å²) in [6.45, 7) is 5.01. The first-order valence-corrected chi connectivity index (χ1v) is 13.9. The summed E-state index contributed by atoms with van der Waals surface area (Å²) in [6.07, 6.45) is 1.47. The minimum absolute atomic E-state index is 0.101. The van der Waals surface area contributed by atoms with Crippen molar-refractivity contribution in [2.45, 2.75) is 32.2 Å². The maximum Gasteiger partial charge on any atom is 0.355 e. The number of nitrogens with zero attached hydrogens (tertiary/aromatic N) is 6. The van der Waals surface area contributed by atoms with E-state index in [2.05, 4.69) is 25.5 Å². The average Bonchev–Trinajstić information content (AvgIpc) is 3.37. The van der Waals surface area contributed by atoms with Crippen LogP contribution in [0.25, 0.3) is 10.4 Å². The summed E-state index contributed by atoms with van der Waals surface area (Å²) in [5.74, 6) is -2.48. The third-order valence-electron chi connectivity index (χ3n) is 5.53. The average molecular weight is 593 g/mol. The molecule has 3 N–H and O–H groups in total. The van der Waals surface area contributed by atoms with E-state index in [0.717, 1.165) is 11.3 Å². The Kier molecular flexibility index (Phi) is 10.5. The number of nitrogens with one attached hydrogen (secondary N) is 1. The minimum atomic E-state index is -1.00. The van der Waals surface area contributed by atoms with Crippen molar-refractivity contribution >= 4 is 57.7 Å². The molecule has 0 spiro atoms. The number of azide groups is 1. The third kappa shape index (κ3) is 6.91. The van der Waals surface area contributed by atoms with Crippen molar-refractivity contribution in [3.63, 3.8) is 0 Å². The fourth-order valence-electron chi connectivity index (χ4n) is 3.62. The van der Waals surface area contributed by atoms with Crippen LogP contribution in [0.15, 0.2) is 38.6 Å². The van der Waals surface area contributed by atoms with Gasteiger partial charge in [-0.15, -0.1) is 23.1 Å². The van der Waals surface area contributed by atoms with Crippen molar-refractivity contribution in [1.82, 2.24) is 15.2 Å². The number of esters is 2. The van der Waals surface area contributed by atoms with E-state index < -0.39 is 41.8 Å². The van der Waals surface area contributed by atoms with Crippen LogP contribution in [-0.2, 0) is 33.5 Å². The van der Waals surface area contributed by atoms with Gasteiger partial charge in [0.15, 0.2) is 10.8 Å². The molecule has 3 rings (SSSR count). The summed E-state index contributed by atoms with van der Waals surface area (Å²) in [7, 11) is 1.26. The number of hydrogen-bond acceptors (Lipinski definition) is 13. The second-order valence-corrected chi connectivity index (χ2v) is 10.8. The molecule has 3 heterocycles. The Morgan fingerprint density at radius 1 is 1.38 bits per heavy atom. The van der Waals surface area contributed by atoms with E-state index in [-0.39, 0.29) is 52.6 Å². The molecule has 214 valence electrons. The smallest absolute Gasteiger partial charge is 0.355 e. The summed E-state index contributed by atoms with van der Waals surface area (Å²) in [6, 6.07) is -1.00. The zero-order chi connectivity index (χ0) is 29.4. The van der Waals surface area contributed by atoms with Gasteiger partial charge < -0.3 is 25.4 Å². The van der Waals surface area contributed by atoms with E-state index in [1.165, 1.54) is 35.2 Å². The predicted molar refractivity (Wildman–Crippen MR) is 147 cm³/mol. The normalized spacial score (nSPS) is 18.9. The van der Waals surface area contributed by atoms with Gasteiger partial charge in [-0.2, -0.15) is 0 Å². The molecule has 0 aliphatic carbocycles. The van der Waals surface area contributed by atoms with Crippen molar-refractivity contribution < 1.29 is 33.5 Å². The van der Waals surface area contributed by atoms with Crippen LogP contribution in [0.5, 0.6) is 0 Å². The highest BCUT2D eigenvalue weighted by molar-refractivity contribution is 8.00. The number of thiazole rings is 1. The number of amides is 2. The highest BCUT2D eigenvalue weighted by Crippen LogP contribution is 2.41. The number of carbonyl (C=O) groups excluding carboxylic acids is 4. The number of ether oxygens (including phenoxy) is 2. The van der Waals surface area contributed by atoms with Crippen LogP contribution in [-0.4, -0.2) is 83.4 Å². The largest absolute Gasteiger partial charge is 0.462 e. The third-order valence-corrected chi connectivity index (χ3v) is 7.54.